The molecule has 1 radical (unpaired) electrons. The Morgan fingerprint density at radius 1 is 0.711 bits per heavy atom. The van der Waals surface area contributed by atoms with Gasteiger partial charge in [0.15, 0.2) is 0 Å². The third-order valence-corrected chi connectivity index (χ3v) is 6.82. The Labute approximate surface area is 244 Å². The van der Waals surface area contributed by atoms with Gasteiger partial charge in [0.05, 0.1) is 26.3 Å². The van der Waals surface area contributed by atoms with Gasteiger partial charge < -0.3 is 32.1 Å². The van der Waals surface area contributed by atoms with Gasteiger partial charge in [0.1, 0.15) is 23.0 Å². The molecular weight excluding hydrogens is 547 g/mol. The first-order valence-electron chi connectivity index (χ1n) is 12.7. The number of nitrogens with zero attached hydrogens (tertiary/aromatic N) is 2. The minimum Gasteiger partial charge on any atom is -1.00 e. The van der Waals surface area contributed by atoms with Gasteiger partial charge >= 0.3 is 0 Å². The summed E-state index contributed by atoms with van der Waals surface area (Å²) in [6, 6.07) is 7.39. The largest absolute Gasteiger partial charge is 1.00 e. The summed E-state index contributed by atoms with van der Waals surface area (Å²) in [5.74, 6) is 1.86. The first kappa shape index (κ1) is 33.8. The number of ether oxygens (including phenoxy) is 2. The summed E-state index contributed by atoms with van der Waals surface area (Å²) in [4.78, 5) is 9.76. The van der Waals surface area contributed by atoms with Gasteiger partial charge in [-0.25, -0.2) is 0 Å². The fourth-order valence-electron chi connectivity index (χ4n) is 4.63. The van der Waals surface area contributed by atoms with Crippen molar-refractivity contribution in [3.8, 4) is 23.0 Å². The molecule has 38 heavy (non-hydrogen) atoms. The number of hydrogen-bond donors (Lipinski definition) is 2. The zero-order chi connectivity index (χ0) is 26.7. The van der Waals surface area contributed by atoms with Crippen LogP contribution in [-0.2, 0) is 27.6 Å². The molecule has 0 amide bonds. The number of methoxy groups -OCH3 is 2. The molecule has 0 aromatic heterocycles. The molecule has 2 aromatic rings. The van der Waals surface area contributed by atoms with E-state index in [2.05, 4.69) is 41.5 Å². The first-order chi connectivity index (χ1) is 16.8. The van der Waals surface area contributed by atoms with Gasteiger partial charge in [-0.2, -0.15) is 0 Å². The van der Waals surface area contributed by atoms with E-state index >= 15 is 0 Å². The van der Waals surface area contributed by atoms with Crippen molar-refractivity contribution in [1.29, 1.82) is 0 Å². The second-order valence-corrected chi connectivity index (χ2v) is 11.7. The van der Waals surface area contributed by atoms with Crippen LogP contribution in [0.2, 0.25) is 0 Å². The van der Waals surface area contributed by atoms with Crippen molar-refractivity contribution < 1.29 is 48.9 Å². The van der Waals surface area contributed by atoms with Gasteiger partial charge in [-0.3, -0.25) is 9.98 Å². The van der Waals surface area contributed by atoms with Crippen LogP contribution in [0, 0.1) is 0 Å². The summed E-state index contributed by atoms with van der Waals surface area (Å²) in [6.45, 7) is 12.4. The topological polar surface area (TPSA) is 83.6 Å². The molecule has 2 N–H and O–H groups in total. The number of phenols is 2. The molecule has 2 aromatic carbocycles. The van der Waals surface area contributed by atoms with Gasteiger partial charge in [-0.1, -0.05) is 54.4 Å². The molecule has 0 aliphatic heterocycles. The number of halogens is 1. The molecule has 0 bridgehead atoms. The fourth-order valence-corrected chi connectivity index (χ4v) is 4.63. The maximum Gasteiger partial charge on any atom is 0.128 e. The van der Waals surface area contributed by atoms with Gasteiger partial charge in [-0.15, -0.1) is 0 Å². The minimum absolute atomic E-state index is 0. The van der Waals surface area contributed by atoms with Crippen LogP contribution in [0.3, 0.4) is 0 Å². The SMILES string of the molecule is COc1cc(C=N[C@@H]2CCCC[C@H]2N=Cc2cc(OC)cc(C(C)(C)C)c2O)c(O)c(C(C)(C)C)c1.[Cl-].[Co]. The number of hydrogen-bond acceptors (Lipinski definition) is 6. The van der Waals surface area contributed by atoms with Crippen LogP contribution in [0.25, 0.3) is 0 Å². The molecule has 1 fully saturated rings. The van der Waals surface area contributed by atoms with Crippen molar-refractivity contribution in [2.75, 3.05) is 14.2 Å². The zero-order valence-corrected chi connectivity index (χ0v) is 25.6. The Balaban J connectivity index is 0.00000361. The molecule has 6 nitrogen and oxygen atoms in total. The second kappa shape index (κ2) is 13.7. The van der Waals surface area contributed by atoms with E-state index in [0.29, 0.717) is 22.6 Å². The number of benzene rings is 2. The second-order valence-electron chi connectivity index (χ2n) is 11.7. The maximum absolute atomic E-state index is 10.9. The van der Waals surface area contributed by atoms with Crippen LogP contribution in [-0.4, -0.2) is 48.9 Å². The molecule has 2 atom stereocenters. The monoisotopic (exact) mass is 588 g/mol. The molecule has 0 spiro atoms. The van der Waals surface area contributed by atoms with Gasteiger partial charge in [0.25, 0.3) is 0 Å². The molecule has 0 heterocycles. The average Bonchev–Trinajstić information content (AvgIpc) is 2.81. The van der Waals surface area contributed by atoms with E-state index in [4.69, 9.17) is 19.5 Å². The minimum atomic E-state index is -0.233. The standard InChI is InChI=1S/C30H42N2O4.ClH.Co/c1-29(2,3)23-15-21(35-7)13-19(27(23)33)17-31-25-11-9-10-12-26(25)32-18-20-14-22(36-8)16-24(28(20)34)30(4,5)6;;/h13-18,25-26,33-34H,9-12H2,1-8H3;1H;/p-1/t25-,26-;;/m1../s1. The predicted molar refractivity (Wildman–Crippen MR) is 148 cm³/mol. The van der Waals surface area contributed by atoms with E-state index in [1.807, 2.05) is 24.3 Å². The third-order valence-electron chi connectivity index (χ3n) is 6.82. The summed E-state index contributed by atoms with van der Waals surface area (Å²) in [7, 11) is 3.26. The van der Waals surface area contributed by atoms with E-state index < -0.39 is 0 Å². The number of aliphatic imine (C=N–C) groups is 2. The average molecular weight is 589 g/mol. The van der Waals surface area contributed by atoms with Crippen LogP contribution in [0.4, 0.5) is 0 Å². The summed E-state index contributed by atoms with van der Waals surface area (Å²) >= 11 is 0. The van der Waals surface area contributed by atoms with Crippen LogP contribution in [0.15, 0.2) is 34.3 Å². The molecule has 0 saturated heterocycles. The van der Waals surface area contributed by atoms with Crippen molar-refractivity contribution in [3.63, 3.8) is 0 Å². The van der Waals surface area contributed by atoms with Crippen LogP contribution < -0.4 is 21.9 Å². The predicted octanol–water partition coefficient (Wildman–Crippen LogP) is 3.56. The normalized spacial score (nSPS) is 18.2. The van der Waals surface area contributed by atoms with Crippen molar-refractivity contribution >= 4 is 12.4 Å². The van der Waals surface area contributed by atoms with E-state index in [0.717, 1.165) is 36.8 Å². The fraction of sp³-hybridized carbons (Fsp3) is 0.533. The molecule has 0 unspecified atom stereocenters. The maximum atomic E-state index is 10.9. The van der Waals surface area contributed by atoms with Crippen molar-refractivity contribution in [3.05, 3.63) is 46.5 Å². The van der Waals surface area contributed by atoms with Crippen LogP contribution in [0.1, 0.15) is 89.5 Å². The Bertz CT molecular complexity index is 1050. The Hall–Kier alpha value is -2.22. The van der Waals surface area contributed by atoms with Crippen LogP contribution >= 0.6 is 0 Å². The van der Waals surface area contributed by atoms with E-state index in [1.165, 1.54) is 0 Å². The van der Waals surface area contributed by atoms with E-state index in [1.54, 1.807) is 26.6 Å². The third kappa shape index (κ3) is 8.14. The molecule has 3 rings (SSSR count). The van der Waals surface area contributed by atoms with Crippen LogP contribution in [0.5, 0.6) is 23.0 Å². The number of rotatable bonds is 6. The molecule has 1 aliphatic rings. The summed E-state index contributed by atoms with van der Waals surface area (Å²) in [6.07, 6.45) is 7.53. The quantitative estimate of drug-likeness (QED) is 0.506. The molecule has 8 heteroatoms. The first-order valence-corrected chi connectivity index (χ1v) is 12.7. The Morgan fingerprint density at radius 3 is 1.34 bits per heavy atom. The Kier molecular flexibility index (Phi) is 12.2. The van der Waals surface area contributed by atoms with Gasteiger partial charge in [0.2, 0.25) is 0 Å². The van der Waals surface area contributed by atoms with E-state index in [-0.39, 0.29) is 63.6 Å². The molecule has 1 saturated carbocycles. The summed E-state index contributed by atoms with van der Waals surface area (Å²) in [5, 5.41) is 21.9. The summed E-state index contributed by atoms with van der Waals surface area (Å²) in [5.41, 5.74) is 2.47. The summed E-state index contributed by atoms with van der Waals surface area (Å²) < 4.78 is 11.0. The zero-order valence-electron chi connectivity index (χ0n) is 23.8. The van der Waals surface area contributed by atoms with E-state index in [9.17, 15) is 10.2 Å². The molecule has 213 valence electrons. The Morgan fingerprint density at radius 2 is 1.05 bits per heavy atom. The van der Waals surface area contributed by atoms with Gasteiger partial charge in [0, 0.05) is 51.5 Å². The number of aromatic hydroxyl groups is 2. The van der Waals surface area contributed by atoms with Crippen molar-refractivity contribution in [2.45, 2.75) is 90.1 Å². The number of phenolic OH excluding ortho intramolecular Hbond substituents is 2. The molecule has 1 aliphatic carbocycles. The van der Waals surface area contributed by atoms with Gasteiger partial charge in [-0.05, 0) is 47.9 Å². The molecular formula is C30H42ClCoN2O4-. The van der Waals surface area contributed by atoms with Crippen molar-refractivity contribution in [1.82, 2.24) is 0 Å². The van der Waals surface area contributed by atoms with Crippen molar-refractivity contribution in [2.24, 2.45) is 9.98 Å². The smallest absolute Gasteiger partial charge is 0.128 e.